The number of nitrogens with one attached hydrogen (secondary N) is 1. The molecule has 0 spiro atoms. The Balaban J connectivity index is 2.31. The molecular weight excluding hydrogens is 204 g/mol. The van der Waals surface area contributed by atoms with E-state index in [1.165, 1.54) is 0 Å². The molecule has 1 aromatic heterocycles. The van der Waals surface area contributed by atoms with Gasteiger partial charge in [0, 0.05) is 32.4 Å². The average Bonchev–Trinajstić information content (AvgIpc) is 2.63. The quantitative estimate of drug-likeness (QED) is 0.743. The number of nitrogens with zero attached hydrogens (tertiary/aromatic N) is 2. The summed E-state index contributed by atoms with van der Waals surface area (Å²) in [5, 5.41) is 2.81. The summed E-state index contributed by atoms with van der Waals surface area (Å²) in [6, 6.07) is -0.429. The molecule has 0 radical (unpaired) electrons. The summed E-state index contributed by atoms with van der Waals surface area (Å²) >= 11 is 0. The molecule has 1 aromatic rings. The van der Waals surface area contributed by atoms with Gasteiger partial charge in [0.15, 0.2) is 0 Å². The summed E-state index contributed by atoms with van der Waals surface area (Å²) in [7, 11) is 1.93. The van der Waals surface area contributed by atoms with Gasteiger partial charge in [0.2, 0.25) is 5.91 Å². The Kier molecular flexibility index (Phi) is 4.49. The zero-order valence-corrected chi connectivity index (χ0v) is 10.1. The summed E-state index contributed by atoms with van der Waals surface area (Å²) in [4.78, 5) is 15.7. The molecule has 1 amide bonds. The number of hydrogen-bond donors (Lipinski definition) is 2. The van der Waals surface area contributed by atoms with Gasteiger partial charge in [0.05, 0.1) is 6.04 Å². The molecule has 1 atom stereocenters. The molecule has 1 rings (SSSR count). The van der Waals surface area contributed by atoms with Gasteiger partial charge < -0.3 is 15.6 Å². The molecule has 0 aliphatic heterocycles. The SMILES string of the molecule is CC(C)[C@H](N)C(=O)NCCc1nccn1C. The van der Waals surface area contributed by atoms with Gasteiger partial charge in [-0.2, -0.15) is 0 Å². The number of aryl methyl sites for hydroxylation is 1. The van der Waals surface area contributed by atoms with Crippen LogP contribution in [-0.4, -0.2) is 28.0 Å². The van der Waals surface area contributed by atoms with Crippen LogP contribution in [0.4, 0.5) is 0 Å². The summed E-state index contributed by atoms with van der Waals surface area (Å²) in [5.41, 5.74) is 5.72. The van der Waals surface area contributed by atoms with Gasteiger partial charge in [-0.25, -0.2) is 4.98 Å². The van der Waals surface area contributed by atoms with Gasteiger partial charge in [-0.3, -0.25) is 4.79 Å². The maximum atomic E-state index is 11.5. The summed E-state index contributed by atoms with van der Waals surface area (Å²) in [6.45, 7) is 4.44. The lowest BCUT2D eigenvalue weighted by atomic mass is 10.1. The van der Waals surface area contributed by atoms with E-state index in [1.807, 2.05) is 31.7 Å². The minimum atomic E-state index is -0.429. The third-order valence-corrected chi connectivity index (χ3v) is 2.59. The minimum absolute atomic E-state index is 0.0933. The monoisotopic (exact) mass is 224 g/mol. The van der Waals surface area contributed by atoms with Crippen LogP contribution in [0.15, 0.2) is 12.4 Å². The Morgan fingerprint density at radius 1 is 1.62 bits per heavy atom. The fourth-order valence-electron chi connectivity index (χ4n) is 1.36. The van der Waals surface area contributed by atoms with E-state index in [0.29, 0.717) is 6.54 Å². The third-order valence-electron chi connectivity index (χ3n) is 2.59. The van der Waals surface area contributed by atoms with Crippen molar-refractivity contribution in [3.05, 3.63) is 18.2 Å². The van der Waals surface area contributed by atoms with Crippen LogP contribution in [0.2, 0.25) is 0 Å². The van der Waals surface area contributed by atoms with E-state index in [-0.39, 0.29) is 11.8 Å². The number of amides is 1. The van der Waals surface area contributed by atoms with Crippen LogP contribution in [0, 0.1) is 5.92 Å². The zero-order chi connectivity index (χ0) is 12.1. The van der Waals surface area contributed by atoms with Gasteiger partial charge in [-0.05, 0) is 5.92 Å². The predicted octanol–water partition coefficient (Wildman–Crippen LogP) is 0.0621. The minimum Gasteiger partial charge on any atom is -0.354 e. The van der Waals surface area contributed by atoms with E-state index in [2.05, 4.69) is 10.3 Å². The molecule has 5 heteroatoms. The van der Waals surface area contributed by atoms with Gasteiger partial charge >= 0.3 is 0 Å². The highest BCUT2D eigenvalue weighted by Crippen LogP contribution is 1.98. The Bertz CT molecular complexity index is 346. The molecule has 0 saturated carbocycles. The van der Waals surface area contributed by atoms with Crippen molar-refractivity contribution in [3.8, 4) is 0 Å². The highest BCUT2D eigenvalue weighted by Gasteiger charge is 2.16. The van der Waals surface area contributed by atoms with E-state index >= 15 is 0 Å². The van der Waals surface area contributed by atoms with Crippen molar-refractivity contribution in [3.63, 3.8) is 0 Å². The molecule has 5 nitrogen and oxygen atoms in total. The molecule has 16 heavy (non-hydrogen) atoms. The first kappa shape index (κ1) is 12.7. The first-order chi connectivity index (χ1) is 7.52. The van der Waals surface area contributed by atoms with Crippen LogP contribution < -0.4 is 11.1 Å². The second kappa shape index (κ2) is 5.65. The number of aromatic nitrogens is 2. The van der Waals surface area contributed by atoms with Gasteiger partial charge in [0.1, 0.15) is 5.82 Å². The van der Waals surface area contributed by atoms with E-state index in [1.54, 1.807) is 6.20 Å². The lowest BCUT2D eigenvalue weighted by Crippen LogP contribution is -2.44. The largest absolute Gasteiger partial charge is 0.354 e. The van der Waals surface area contributed by atoms with Crippen LogP contribution in [0.3, 0.4) is 0 Å². The second-order valence-electron chi connectivity index (χ2n) is 4.27. The van der Waals surface area contributed by atoms with Gasteiger partial charge in [0.25, 0.3) is 0 Å². The molecule has 3 N–H and O–H groups in total. The summed E-state index contributed by atoms with van der Waals surface area (Å²) in [5.74, 6) is 1.02. The van der Waals surface area contributed by atoms with E-state index in [0.717, 1.165) is 12.2 Å². The Morgan fingerprint density at radius 3 is 2.81 bits per heavy atom. The Morgan fingerprint density at radius 2 is 2.31 bits per heavy atom. The third kappa shape index (κ3) is 3.34. The molecule has 90 valence electrons. The van der Waals surface area contributed by atoms with E-state index in [4.69, 9.17) is 5.73 Å². The zero-order valence-electron chi connectivity index (χ0n) is 10.1. The number of hydrogen-bond acceptors (Lipinski definition) is 3. The van der Waals surface area contributed by atoms with Crippen LogP contribution in [-0.2, 0) is 18.3 Å². The fourth-order valence-corrected chi connectivity index (χ4v) is 1.36. The van der Waals surface area contributed by atoms with Crippen LogP contribution in [0.1, 0.15) is 19.7 Å². The van der Waals surface area contributed by atoms with E-state index in [9.17, 15) is 4.79 Å². The van der Waals surface area contributed by atoms with Crippen molar-refractivity contribution in [1.29, 1.82) is 0 Å². The normalized spacial score (nSPS) is 12.8. The number of imidazole rings is 1. The molecule has 0 aromatic carbocycles. The Labute approximate surface area is 96.0 Å². The summed E-state index contributed by atoms with van der Waals surface area (Å²) in [6.07, 6.45) is 4.36. The highest BCUT2D eigenvalue weighted by atomic mass is 16.2. The average molecular weight is 224 g/mol. The molecule has 1 heterocycles. The first-order valence-corrected chi connectivity index (χ1v) is 5.52. The number of carbonyl (C=O) groups excluding carboxylic acids is 1. The molecule has 0 saturated heterocycles. The maximum absolute atomic E-state index is 11.5. The van der Waals surface area contributed by atoms with E-state index < -0.39 is 6.04 Å². The van der Waals surface area contributed by atoms with Crippen molar-refractivity contribution < 1.29 is 4.79 Å². The van der Waals surface area contributed by atoms with Gasteiger partial charge in [-0.1, -0.05) is 13.8 Å². The number of carbonyl (C=O) groups is 1. The van der Waals surface area contributed by atoms with Gasteiger partial charge in [-0.15, -0.1) is 0 Å². The Hall–Kier alpha value is -1.36. The van der Waals surface area contributed by atoms with Crippen molar-refractivity contribution in [2.45, 2.75) is 26.3 Å². The molecule has 0 aliphatic carbocycles. The first-order valence-electron chi connectivity index (χ1n) is 5.52. The smallest absolute Gasteiger partial charge is 0.237 e. The standard InChI is InChI=1S/C11H20N4O/c1-8(2)10(12)11(16)14-5-4-9-13-6-7-15(9)3/h6-8,10H,4-5,12H2,1-3H3,(H,14,16)/t10-/m0/s1. The topological polar surface area (TPSA) is 72.9 Å². The predicted molar refractivity (Wildman–Crippen MR) is 62.7 cm³/mol. The van der Waals surface area contributed by atoms with Crippen molar-refractivity contribution >= 4 is 5.91 Å². The molecule has 0 aliphatic rings. The van der Waals surface area contributed by atoms with Crippen LogP contribution >= 0.6 is 0 Å². The van der Waals surface area contributed by atoms with Crippen LogP contribution in [0.25, 0.3) is 0 Å². The summed E-state index contributed by atoms with van der Waals surface area (Å²) < 4.78 is 1.94. The highest BCUT2D eigenvalue weighted by molar-refractivity contribution is 5.81. The van der Waals surface area contributed by atoms with Crippen molar-refractivity contribution in [2.24, 2.45) is 18.7 Å². The fraction of sp³-hybridized carbons (Fsp3) is 0.636. The van der Waals surface area contributed by atoms with Crippen molar-refractivity contribution in [2.75, 3.05) is 6.54 Å². The number of nitrogens with two attached hydrogens (primary N) is 1. The molecule has 0 unspecified atom stereocenters. The van der Waals surface area contributed by atoms with Crippen molar-refractivity contribution in [1.82, 2.24) is 14.9 Å². The number of rotatable bonds is 5. The second-order valence-corrected chi connectivity index (χ2v) is 4.27. The maximum Gasteiger partial charge on any atom is 0.237 e. The lowest BCUT2D eigenvalue weighted by Gasteiger charge is -2.15. The lowest BCUT2D eigenvalue weighted by molar-refractivity contribution is -0.123. The molecule has 0 bridgehead atoms. The molecular formula is C11H20N4O. The van der Waals surface area contributed by atoms with Crippen LogP contribution in [0.5, 0.6) is 0 Å². The molecule has 0 fully saturated rings.